The third-order valence-corrected chi connectivity index (χ3v) is 6.11. The van der Waals surface area contributed by atoms with E-state index in [0.29, 0.717) is 0 Å². The summed E-state index contributed by atoms with van der Waals surface area (Å²) < 4.78 is 51.2. The maximum absolute atomic E-state index is 11.8. The normalized spacial score (nSPS) is 13.7. The molecular weight excluding hydrogens is 330 g/mol. The highest BCUT2D eigenvalue weighted by molar-refractivity contribution is 8.13. The Bertz CT molecular complexity index is 693. The number of ether oxygens (including phenoxy) is 1. The van der Waals surface area contributed by atoms with E-state index in [1.807, 2.05) is 0 Å². The van der Waals surface area contributed by atoms with Gasteiger partial charge in [0, 0.05) is 24.0 Å². The number of hydrogen-bond donors (Lipinski definition) is 0. The minimum Gasteiger partial charge on any atom is -0.383 e. The highest BCUT2D eigenvalue weighted by Crippen LogP contribution is 2.29. The Morgan fingerprint density at radius 3 is 2.20 bits per heavy atom. The molecule has 0 saturated heterocycles. The highest BCUT2D eigenvalue weighted by Gasteiger charge is 2.39. The molecule has 0 amide bonds. The van der Waals surface area contributed by atoms with E-state index in [2.05, 4.69) is 10.2 Å². The number of halogens is 1. The van der Waals surface area contributed by atoms with E-state index in [1.165, 1.54) is 21.0 Å². The monoisotopic (exact) mass is 345 g/mol. The molecule has 0 fully saturated rings. The number of nitrogens with zero attached hydrogens (tertiary/aromatic N) is 3. The Labute approximate surface area is 122 Å². The van der Waals surface area contributed by atoms with Gasteiger partial charge < -0.3 is 4.74 Å². The Morgan fingerprint density at radius 2 is 1.80 bits per heavy atom. The quantitative estimate of drug-likeness (QED) is 0.674. The summed E-state index contributed by atoms with van der Waals surface area (Å²) in [7, 11) is -0.965. The average molecular weight is 346 g/mol. The standard InChI is InChI=1S/C9H16ClN3O5S2/c1-9(2,19(4,14)15)7-11-12-8(20(10,16)17)13(7)5-6-18-3/h5-6H2,1-4H3. The van der Waals surface area contributed by atoms with Crippen LogP contribution < -0.4 is 0 Å². The smallest absolute Gasteiger partial charge is 0.296 e. The lowest BCUT2D eigenvalue weighted by molar-refractivity contribution is 0.183. The number of rotatable bonds is 6. The molecule has 1 heterocycles. The van der Waals surface area contributed by atoms with Gasteiger partial charge in [0.2, 0.25) is 0 Å². The van der Waals surface area contributed by atoms with Gasteiger partial charge in [0.05, 0.1) is 13.2 Å². The average Bonchev–Trinajstić information content (AvgIpc) is 2.68. The van der Waals surface area contributed by atoms with Crippen LogP contribution in [0.1, 0.15) is 19.7 Å². The maximum atomic E-state index is 11.8. The Balaban J connectivity index is 3.54. The first-order chi connectivity index (χ1) is 8.93. The fourth-order valence-electron chi connectivity index (χ4n) is 1.46. The van der Waals surface area contributed by atoms with E-state index < -0.39 is 28.8 Å². The molecule has 11 heteroatoms. The van der Waals surface area contributed by atoms with Crippen LogP contribution in [0.4, 0.5) is 0 Å². The molecule has 0 aliphatic heterocycles. The lowest BCUT2D eigenvalue weighted by Gasteiger charge is -2.22. The van der Waals surface area contributed by atoms with Crippen molar-refractivity contribution in [2.75, 3.05) is 20.0 Å². The molecule has 0 radical (unpaired) electrons. The van der Waals surface area contributed by atoms with Crippen LogP contribution in [0.2, 0.25) is 0 Å². The zero-order valence-electron chi connectivity index (χ0n) is 11.5. The molecule has 1 aromatic heterocycles. The van der Waals surface area contributed by atoms with Crippen molar-refractivity contribution in [3.05, 3.63) is 5.82 Å². The van der Waals surface area contributed by atoms with Crippen molar-refractivity contribution < 1.29 is 21.6 Å². The molecule has 0 aliphatic carbocycles. The third-order valence-electron chi connectivity index (χ3n) is 2.92. The van der Waals surface area contributed by atoms with E-state index in [9.17, 15) is 16.8 Å². The Hall–Kier alpha value is -0.710. The minimum absolute atomic E-state index is 0.00345. The van der Waals surface area contributed by atoms with E-state index in [1.54, 1.807) is 0 Å². The van der Waals surface area contributed by atoms with E-state index >= 15 is 0 Å². The summed E-state index contributed by atoms with van der Waals surface area (Å²) in [5.41, 5.74) is 0. The van der Waals surface area contributed by atoms with Gasteiger partial charge in [-0.1, -0.05) is 0 Å². The summed E-state index contributed by atoms with van der Waals surface area (Å²) in [6.45, 7) is 3.06. The summed E-state index contributed by atoms with van der Waals surface area (Å²) in [6, 6.07) is 0. The lowest BCUT2D eigenvalue weighted by Crippen LogP contribution is -2.32. The summed E-state index contributed by atoms with van der Waals surface area (Å²) >= 11 is 0. The number of methoxy groups -OCH3 is 1. The van der Waals surface area contributed by atoms with E-state index in [0.717, 1.165) is 10.8 Å². The van der Waals surface area contributed by atoms with Gasteiger partial charge >= 0.3 is 0 Å². The SMILES string of the molecule is COCCn1c(C(C)(C)S(C)(=O)=O)nnc1S(=O)(=O)Cl. The van der Waals surface area contributed by atoms with Gasteiger partial charge in [-0.05, 0) is 13.8 Å². The van der Waals surface area contributed by atoms with Gasteiger partial charge in [-0.25, -0.2) is 16.8 Å². The fraction of sp³-hybridized carbons (Fsp3) is 0.778. The molecule has 0 bridgehead atoms. The van der Waals surface area contributed by atoms with Crippen molar-refractivity contribution in [3.8, 4) is 0 Å². The van der Waals surface area contributed by atoms with Gasteiger partial charge in [-0.3, -0.25) is 4.57 Å². The molecule has 0 aromatic carbocycles. The molecule has 8 nitrogen and oxygen atoms in total. The van der Waals surface area contributed by atoms with E-state index in [-0.39, 0.29) is 19.0 Å². The minimum atomic E-state index is -4.14. The first kappa shape index (κ1) is 17.3. The molecule has 116 valence electrons. The second kappa shape index (κ2) is 5.58. The van der Waals surface area contributed by atoms with Crippen LogP contribution >= 0.6 is 10.7 Å². The third kappa shape index (κ3) is 3.30. The zero-order chi connectivity index (χ0) is 15.8. The molecule has 0 N–H and O–H groups in total. The second-order valence-corrected chi connectivity index (χ2v) is 9.70. The molecule has 1 aromatic rings. The molecule has 1 rings (SSSR count). The van der Waals surface area contributed by atoms with Crippen LogP contribution in [0.5, 0.6) is 0 Å². The summed E-state index contributed by atoms with van der Waals surface area (Å²) in [5, 5.41) is 6.68. The van der Waals surface area contributed by atoms with Crippen molar-refractivity contribution in [3.63, 3.8) is 0 Å². The number of hydrogen-bond acceptors (Lipinski definition) is 7. The summed E-state index contributed by atoms with van der Waals surface area (Å²) in [4.78, 5) is 0. The first-order valence-electron chi connectivity index (χ1n) is 5.50. The van der Waals surface area contributed by atoms with Crippen molar-refractivity contribution in [2.24, 2.45) is 0 Å². The van der Waals surface area contributed by atoms with Gasteiger partial charge in [-0.2, -0.15) is 0 Å². The Kier molecular flexibility index (Phi) is 4.84. The molecule has 0 atom stereocenters. The predicted molar refractivity (Wildman–Crippen MR) is 72.8 cm³/mol. The van der Waals surface area contributed by atoms with Crippen molar-refractivity contribution in [1.82, 2.24) is 14.8 Å². The lowest BCUT2D eigenvalue weighted by atomic mass is 10.2. The molecular formula is C9H16ClN3O5S2. The first-order valence-corrected chi connectivity index (χ1v) is 9.70. The van der Waals surface area contributed by atoms with Crippen molar-refractivity contribution >= 4 is 29.6 Å². The maximum Gasteiger partial charge on any atom is 0.296 e. The van der Waals surface area contributed by atoms with Crippen LogP contribution in [0.25, 0.3) is 0 Å². The highest BCUT2D eigenvalue weighted by atomic mass is 35.7. The van der Waals surface area contributed by atoms with Gasteiger partial charge in [-0.15, -0.1) is 10.2 Å². The van der Waals surface area contributed by atoms with Crippen LogP contribution in [-0.4, -0.2) is 51.6 Å². The molecule has 0 unspecified atom stereocenters. The molecule has 0 spiro atoms. The number of aromatic nitrogens is 3. The Morgan fingerprint density at radius 1 is 1.25 bits per heavy atom. The second-order valence-electron chi connectivity index (χ2n) is 4.67. The fourth-order valence-corrected chi connectivity index (χ4v) is 2.87. The van der Waals surface area contributed by atoms with Gasteiger partial charge in [0.1, 0.15) is 4.75 Å². The summed E-state index contributed by atoms with van der Waals surface area (Å²) in [6.07, 6.45) is 1.04. The van der Waals surface area contributed by atoms with Crippen LogP contribution in [0.15, 0.2) is 5.16 Å². The van der Waals surface area contributed by atoms with Crippen LogP contribution in [0, 0.1) is 0 Å². The van der Waals surface area contributed by atoms with Crippen molar-refractivity contribution in [1.29, 1.82) is 0 Å². The molecule has 20 heavy (non-hydrogen) atoms. The van der Waals surface area contributed by atoms with Gasteiger partial charge in [0.25, 0.3) is 14.2 Å². The number of sulfone groups is 1. The topological polar surface area (TPSA) is 108 Å². The molecule has 0 aliphatic rings. The predicted octanol–water partition coefficient (Wildman–Crippen LogP) is 0.132. The van der Waals surface area contributed by atoms with Gasteiger partial charge in [0.15, 0.2) is 15.7 Å². The molecule has 0 saturated carbocycles. The van der Waals surface area contributed by atoms with Crippen molar-refractivity contribution in [2.45, 2.75) is 30.3 Å². The van der Waals surface area contributed by atoms with E-state index in [4.69, 9.17) is 15.4 Å². The van der Waals surface area contributed by atoms with Crippen LogP contribution in [-0.2, 0) is 34.9 Å². The summed E-state index contributed by atoms with van der Waals surface area (Å²) in [5.74, 6) is -0.00345. The zero-order valence-corrected chi connectivity index (χ0v) is 13.9. The largest absolute Gasteiger partial charge is 0.383 e. The van der Waals surface area contributed by atoms with Crippen LogP contribution in [0.3, 0.4) is 0 Å².